The molecular weight excluding hydrogens is 1260 g/mol. The molecule has 0 saturated heterocycles. The van der Waals surface area contributed by atoms with Crippen LogP contribution in [0.25, 0.3) is 0 Å². The van der Waals surface area contributed by atoms with Gasteiger partial charge in [0.15, 0.2) is 12.2 Å². The van der Waals surface area contributed by atoms with Crippen LogP contribution in [0.3, 0.4) is 0 Å². The summed E-state index contributed by atoms with van der Waals surface area (Å²) in [5.74, 6) is 0.966. The Kier molecular flexibility index (Phi) is 65.0. The fourth-order valence-corrected chi connectivity index (χ4v) is 13.2. The third-order valence-electron chi connectivity index (χ3n) is 18.5. The van der Waals surface area contributed by atoms with Crippen LogP contribution >= 0.6 is 15.6 Å². The molecule has 0 aromatic carbocycles. The van der Waals surface area contributed by atoms with Crippen molar-refractivity contribution < 1.29 is 80.2 Å². The highest BCUT2D eigenvalue weighted by molar-refractivity contribution is 7.47. The van der Waals surface area contributed by atoms with E-state index in [0.717, 1.165) is 114 Å². The summed E-state index contributed by atoms with van der Waals surface area (Å²) in [4.78, 5) is 72.8. The van der Waals surface area contributed by atoms with Crippen LogP contribution in [0, 0.1) is 23.7 Å². The van der Waals surface area contributed by atoms with E-state index in [1.165, 1.54) is 186 Å². The van der Waals surface area contributed by atoms with Crippen molar-refractivity contribution in [2.45, 2.75) is 408 Å². The highest BCUT2D eigenvalue weighted by Gasteiger charge is 2.30. The Labute approximate surface area is 588 Å². The highest BCUT2D eigenvalue weighted by atomic mass is 31.2. The van der Waals surface area contributed by atoms with Crippen LogP contribution in [0.4, 0.5) is 0 Å². The minimum absolute atomic E-state index is 0.104. The normalized spacial score (nSPS) is 14.7. The molecule has 17 nitrogen and oxygen atoms in total. The third kappa shape index (κ3) is 67.9. The van der Waals surface area contributed by atoms with E-state index in [4.69, 9.17) is 37.0 Å². The van der Waals surface area contributed by atoms with Crippen molar-refractivity contribution in [2.24, 2.45) is 23.7 Å². The maximum atomic E-state index is 13.1. The lowest BCUT2D eigenvalue weighted by atomic mass is 9.99. The standard InChI is InChI=1S/C77H150O17P2/c1-9-69(7)55-47-39-31-23-19-17-15-13-11-12-14-16-18-20-24-34-43-51-59-76(81)93-73(64-88-75(80)58-50-42-36-28-30-38-46-54-68(5)6)66-92-96(85,86)90-62-71(78)61-89-95(83,84)91-65-72(94-77(82)60-52-44-35-27-26-32-40-48-56-70(8)10-2)63-87-74(79)57-49-41-33-25-21-22-29-37-45-53-67(3)4/h67-73,78H,9-66H2,1-8H3,(H,83,84)(H,85,86)/t69?,70?,71?,72-,73-/m1/s1. The number of unbranched alkanes of at least 4 members (excludes halogenated alkanes) is 38. The molecule has 0 saturated carbocycles. The molecule has 0 spiro atoms. The first-order valence-electron chi connectivity index (χ1n) is 39.8. The molecule has 0 aliphatic carbocycles. The average molecular weight is 1410 g/mol. The number of hydrogen-bond acceptors (Lipinski definition) is 15. The van der Waals surface area contributed by atoms with Gasteiger partial charge >= 0.3 is 39.5 Å². The summed E-state index contributed by atoms with van der Waals surface area (Å²) in [7, 11) is -9.91. The summed E-state index contributed by atoms with van der Waals surface area (Å²) in [5, 5.41) is 10.6. The summed E-state index contributed by atoms with van der Waals surface area (Å²) >= 11 is 0. The van der Waals surface area contributed by atoms with Crippen LogP contribution in [-0.2, 0) is 65.4 Å². The molecule has 0 bridgehead atoms. The molecule has 96 heavy (non-hydrogen) atoms. The zero-order chi connectivity index (χ0) is 71.0. The maximum absolute atomic E-state index is 13.1. The quantitative estimate of drug-likeness (QED) is 0.0222. The molecule has 0 amide bonds. The monoisotopic (exact) mass is 1410 g/mol. The zero-order valence-corrected chi connectivity index (χ0v) is 64.8. The maximum Gasteiger partial charge on any atom is 0.472 e. The van der Waals surface area contributed by atoms with E-state index < -0.39 is 97.5 Å². The predicted molar refractivity (Wildman–Crippen MR) is 391 cm³/mol. The minimum Gasteiger partial charge on any atom is -0.462 e. The van der Waals surface area contributed by atoms with Gasteiger partial charge in [-0.1, -0.05) is 338 Å². The topological polar surface area (TPSA) is 237 Å². The Morgan fingerprint density at radius 3 is 0.740 bits per heavy atom. The van der Waals surface area contributed by atoms with Crippen molar-refractivity contribution in [3.8, 4) is 0 Å². The number of aliphatic hydroxyl groups is 1. The van der Waals surface area contributed by atoms with E-state index in [2.05, 4.69) is 55.4 Å². The minimum atomic E-state index is -4.96. The van der Waals surface area contributed by atoms with Gasteiger partial charge < -0.3 is 33.8 Å². The second-order valence-electron chi connectivity index (χ2n) is 29.2. The lowest BCUT2D eigenvalue weighted by Crippen LogP contribution is -2.30. The third-order valence-corrected chi connectivity index (χ3v) is 20.4. The Balaban J connectivity index is 5.18. The number of phosphoric ester groups is 2. The molecule has 19 heteroatoms. The van der Waals surface area contributed by atoms with Gasteiger partial charge in [0.25, 0.3) is 0 Å². The van der Waals surface area contributed by atoms with Gasteiger partial charge in [0.1, 0.15) is 19.3 Å². The first-order chi connectivity index (χ1) is 46.2. The molecule has 0 aromatic rings. The summed E-state index contributed by atoms with van der Waals surface area (Å²) in [6.45, 7) is 14.2. The highest BCUT2D eigenvalue weighted by Crippen LogP contribution is 2.45. The number of hydrogen-bond donors (Lipinski definition) is 3. The second kappa shape index (κ2) is 66.3. The van der Waals surface area contributed by atoms with E-state index in [1.807, 2.05) is 0 Å². The van der Waals surface area contributed by atoms with Gasteiger partial charge in [-0.2, -0.15) is 0 Å². The van der Waals surface area contributed by atoms with Crippen LogP contribution < -0.4 is 0 Å². The van der Waals surface area contributed by atoms with Crippen molar-refractivity contribution in [3.63, 3.8) is 0 Å². The van der Waals surface area contributed by atoms with E-state index >= 15 is 0 Å². The van der Waals surface area contributed by atoms with Crippen LogP contribution in [0.5, 0.6) is 0 Å². The van der Waals surface area contributed by atoms with Gasteiger partial charge in [0.2, 0.25) is 0 Å². The van der Waals surface area contributed by atoms with Crippen molar-refractivity contribution in [1.29, 1.82) is 0 Å². The molecule has 0 heterocycles. The van der Waals surface area contributed by atoms with Gasteiger partial charge in [0.05, 0.1) is 26.4 Å². The van der Waals surface area contributed by atoms with Gasteiger partial charge in [-0.25, -0.2) is 9.13 Å². The molecule has 0 rings (SSSR count). The number of carbonyl (C=O) groups excluding carboxylic acids is 4. The largest absolute Gasteiger partial charge is 0.472 e. The van der Waals surface area contributed by atoms with Crippen molar-refractivity contribution in [2.75, 3.05) is 39.6 Å². The van der Waals surface area contributed by atoms with Crippen molar-refractivity contribution >= 4 is 39.5 Å². The number of rotatable bonds is 74. The molecular formula is C77H150O17P2. The SMILES string of the molecule is CCC(C)CCCCCCCCCCCCCCCCCCCCC(=O)O[C@H](COC(=O)CCCCCCCCCC(C)C)COP(=O)(O)OCC(O)COP(=O)(O)OC[C@@H](COC(=O)CCCCCCCCCCCC(C)C)OC(=O)CCCCCCCCCCC(C)CC. The predicted octanol–water partition coefficient (Wildman–Crippen LogP) is 22.4. The average Bonchev–Trinajstić information content (AvgIpc) is 1.18. The van der Waals surface area contributed by atoms with E-state index in [-0.39, 0.29) is 25.7 Å². The summed E-state index contributed by atoms with van der Waals surface area (Å²) in [6.07, 6.45) is 51.5. The Bertz CT molecular complexity index is 1890. The van der Waals surface area contributed by atoms with E-state index in [9.17, 15) is 43.2 Å². The lowest BCUT2D eigenvalue weighted by molar-refractivity contribution is -0.161. The Morgan fingerprint density at radius 1 is 0.292 bits per heavy atom. The van der Waals surface area contributed by atoms with Crippen LogP contribution in [0.1, 0.15) is 389 Å². The summed E-state index contributed by atoms with van der Waals surface area (Å²) in [5.41, 5.74) is 0. The van der Waals surface area contributed by atoms with Crippen molar-refractivity contribution in [3.05, 3.63) is 0 Å². The molecule has 0 radical (unpaired) electrons. The fourth-order valence-electron chi connectivity index (χ4n) is 11.7. The summed E-state index contributed by atoms with van der Waals surface area (Å²) < 4.78 is 68.5. The van der Waals surface area contributed by atoms with Gasteiger partial charge in [0, 0.05) is 25.7 Å². The number of esters is 4. The molecule has 570 valence electrons. The number of phosphoric acid groups is 2. The van der Waals surface area contributed by atoms with Gasteiger partial charge in [-0.15, -0.1) is 0 Å². The lowest BCUT2D eigenvalue weighted by Gasteiger charge is -2.21. The molecule has 0 aliphatic rings. The first kappa shape index (κ1) is 94.1. The van der Waals surface area contributed by atoms with Crippen LogP contribution in [0.2, 0.25) is 0 Å². The Morgan fingerprint density at radius 2 is 0.500 bits per heavy atom. The molecule has 5 unspecified atom stereocenters. The molecule has 0 aromatic heterocycles. The summed E-state index contributed by atoms with van der Waals surface area (Å²) in [6, 6.07) is 0. The molecule has 7 atom stereocenters. The fraction of sp³-hybridized carbons (Fsp3) is 0.948. The second-order valence-corrected chi connectivity index (χ2v) is 32.1. The molecule has 0 aliphatic heterocycles. The van der Waals surface area contributed by atoms with Crippen LogP contribution in [-0.4, -0.2) is 96.7 Å². The number of ether oxygens (including phenoxy) is 4. The number of carbonyl (C=O) groups is 4. The number of aliphatic hydroxyl groups excluding tert-OH is 1. The zero-order valence-electron chi connectivity index (χ0n) is 63.0. The van der Waals surface area contributed by atoms with Crippen LogP contribution in [0.15, 0.2) is 0 Å². The smallest absolute Gasteiger partial charge is 0.462 e. The van der Waals surface area contributed by atoms with E-state index in [0.29, 0.717) is 31.6 Å². The van der Waals surface area contributed by atoms with Gasteiger partial charge in [-0.05, 0) is 49.4 Å². The first-order valence-corrected chi connectivity index (χ1v) is 42.8. The van der Waals surface area contributed by atoms with Gasteiger partial charge in [-0.3, -0.25) is 37.3 Å². The Hall–Kier alpha value is -1.94. The van der Waals surface area contributed by atoms with E-state index in [1.54, 1.807) is 0 Å². The molecule has 3 N–H and O–H groups in total. The van der Waals surface area contributed by atoms with Crippen molar-refractivity contribution in [1.82, 2.24) is 0 Å². The molecule has 0 fully saturated rings.